The van der Waals surface area contributed by atoms with Gasteiger partial charge in [0.05, 0.1) is 11.1 Å². The SMILES string of the molecule is CCCCc1ccc2c(F)c(-c3cc(F)c(-c4ccc(C(F)(F)F)c(F)c4)c(F)c3)ccc2c1. The second-order valence-corrected chi connectivity index (χ2v) is 8.09. The van der Waals surface area contributed by atoms with Crippen molar-refractivity contribution < 1.29 is 30.7 Å². The second kappa shape index (κ2) is 9.12. The molecule has 0 atom stereocenters. The molecule has 0 bridgehead atoms. The van der Waals surface area contributed by atoms with Gasteiger partial charge in [-0.15, -0.1) is 0 Å². The van der Waals surface area contributed by atoms with Crippen molar-refractivity contribution in [2.24, 2.45) is 0 Å². The first-order chi connectivity index (χ1) is 16.1. The molecule has 7 heteroatoms. The van der Waals surface area contributed by atoms with E-state index in [1.54, 1.807) is 12.1 Å². The maximum absolute atomic E-state index is 15.2. The van der Waals surface area contributed by atoms with Gasteiger partial charge in [-0.1, -0.05) is 49.7 Å². The molecule has 0 spiro atoms. The highest BCUT2D eigenvalue weighted by Crippen LogP contribution is 2.37. The summed E-state index contributed by atoms with van der Waals surface area (Å²) in [6.45, 7) is 2.07. The number of aryl methyl sites for hydroxylation is 1. The summed E-state index contributed by atoms with van der Waals surface area (Å²) in [5.41, 5.74) is -1.68. The third-order valence-corrected chi connectivity index (χ3v) is 5.75. The van der Waals surface area contributed by atoms with Crippen LogP contribution in [0.3, 0.4) is 0 Å². The molecule has 4 aromatic carbocycles. The Bertz CT molecular complexity index is 1350. The Morgan fingerprint density at radius 3 is 2.00 bits per heavy atom. The van der Waals surface area contributed by atoms with Crippen molar-refractivity contribution in [2.75, 3.05) is 0 Å². The van der Waals surface area contributed by atoms with Crippen LogP contribution in [-0.4, -0.2) is 0 Å². The number of fused-ring (bicyclic) bond motifs is 1. The van der Waals surface area contributed by atoms with Crippen LogP contribution in [0.2, 0.25) is 0 Å². The van der Waals surface area contributed by atoms with Gasteiger partial charge >= 0.3 is 6.18 Å². The fraction of sp³-hybridized carbons (Fsp3) is 0.185. The Kier molecular flexibility index (Phi) is 6.39. The zero-order valence-corrected chi connectivity index (χ0v) is 18.0. The van der Waals surface area contributed by atoms with Gasteiger partial charge < -0.3 is 0 Å². The lowest BCUT2D eigenvalue weighted by molar-refractivity contribution is -0.139. The van der Waals surface area contributed by atoms with E-state index in [2.05, 4.69) is 6.92 Å². The van der Waals surface area contributed by atoms with Crippen molar-refractivity contribution in [3.8, 4) is 22.3 Å². The third-order valence-electron chi connectivity index (χ3n) is 5.75. The Morgan fingerprint density at radius 2 is 1.38 bits per heavy atom. The Balaban J connectivity index is 1.75. The molecule has 0 heterocycles. The molecular formula is C27H19F7. The molecule has 0 aliphatic carbocycles. The van der Waals surface area contributed by atoms with E-state index in [1.807, 2.05) is 12.1 Å². The van der Waals surface area contributed by atoms with Gasteiger partial charge in [-0.25, -0.2) is 17.6 Å². The van der Waals surface area contributed by atoms with Crippen LogP contribution in [0.1, 0.15) is 30.9 Å². The molecule has 0 aliphatic rings. The van der Waals surface area contributed by atoms with Gasteiger partial charge in [0.15, 0.2) is 0 Å². The van der Waals surface area contributed by atoms with Crippen molar-refractivity contribution in [1.82, 2.24) is 0 Å². The molecule has 0 fully saturated rings. The molecule has 0 aromatic heterocycles. The summed E-state index contributed by atoms with van der Waals surface area (Å²) in [6, 6.07) is 11.8. The molecule has 0 saturated heterocycles. The standard InChI is InChI=1S/C27H19F7/c1-2-3-4-15-5-8-19-16(11-15)6-9-20(26(19)31)18-13-23(29)25(24(30)14-18)17-7-10-21(22(28)12-17)27(32,33)34/h5-14H,2-4H2,1H3. The first kappa shape index (κ1) is 23.8. The highest BCUT2D eigenvalue weighted by atomic mass is 19.4. The lowest BCUT2D eigenvalue weighted by Gasteiger charge is -2.13. The van der Waals surface area contributed by atoms with Gasteiger partial charge in [0.2, 0.25) is 0 Å². The van der Waals surface area contributed by atoms with Crippen LogP contribution in [-0.2, 0) is 12.6 Å². The Hall–Kier alpha value is -3.35. The summed E-state index contributed by atoms with van der Waals surface area (Å²) >= 11 is 0. The van der Waals surface area contributed by atoms with Gasteiger partial charge in [0, 0.05) is 10.9 Å². The third kappa shape index (κ3) is 4.52. The molecule has 34 heavy (non-hydrogen) atoms. The predicted molar refractivity (Wildman–Crippen MR) is 118 cm³/mol. The van der Waals surface area contributed by atoms with E-state index in [0.717, 1.165) is 43.0 Å². The lowest BCUT2D eigenvalue weighted by atomic mass is 9.95. The highest BCUT2D eigenvalue weighted by molar-refractivity contribution is 5.89. The van der Waals surface area contributed by atoms with Gasteiger partial charge in [0.25, 0.3) is 0 Å². The predicted octanol–water partition coefficient (Wildman–Crippen LogP) is 9.09. The van der Waals surface area contributed by atoms with E-state index in [-0.39, 0.29) is 11.1 Å². The minimum absolute atomic E-state index is 0.0308. The maximum Gasteiger partial charge on any atom is 0.419 e. The lowest BCUT2D eigenvalue weighted by Crippen LogP contribution is -2.08. The van der Waals surface area contributed by atoms with Crippen LogP contribution in [0.25, 0.3) is 33.0 Å². The maximum atomic E-state index is 15.2. The number of rotatable bonds is 5. The first-order valence-corrected chi connectivity index (χ1v) is 10.7. The molecule has 0 amide bonds. The van der Waals surface area contributed by atoms with E-state index in [4.69, 9.17) is 0 Å². The molecular weight excluding hydrogens is 457 g/mol. The summed E-state index contributed by atoms with van der Waals surface area (Å²) in [7, 11) is 0. The summed E-state index contributed by atoms with van der Waals surface area (Å²) in [4.78, 5) is 0. The summed E-state index contributed by atoms with van der Waals surface area (Å²) in [5, 5.41) is 0.958. The van der Waals surface area contributed by atoms with Crippen molar-refractivity contribution in [1.29, 1.82) is 0 Å². The minimum atomic E-state index is -4.94. The number of alkyl halides is 3. The normalized spacial score (nSPS) is 11.9. The number of benzene rings is 4. The largest absolute Gasteiger partial charge is 0.419 e. The van der Waals surface area contributed by atoms with Crippen molar-refractivity contribution in [2.45, 2.75) is 32.4 Å². The molecule has 0 radical (unpaired) electrons. The van der Waals surface area contributed by atoms with Crippen molar-refractivity contribution >= 4 is 10.8 Å². The average molecular weight is 476 g/mol. The van der Waals surface area contributed by atoms with Crippen LogP contribution in [0.15, 0.2) is 60.7 Å². The fourth-order valence-corrected chi connectivity index (χ4v) is 4.01. The van der Waals surface area contributed by atoms with Crippen LogP contribution in [0.4, 0.5) is 30.7 Å². The molecule has 0 aliphatic heterocycles. The van der Waals surface area contributed by atoms with Crippen molar-refractivity contribution in [3.63, 3.8) is 0 Å². The monoisotopic (exact) mass is 476 g/mol. The quantitative estimate of drug-likeness (QED) is 0.252. The zero-order valence-electron chi connectivity index (χ0n) is 18.0. The number of unbranched alkanes of at least 4 members (excludes halogenated alkanes) is 1. The van der Waals surface area contributed by atoms with Crippen molar-refractivity contribution in [3.05, 3.63) is 95.1 Å². The second-order valence-electron chi connectivity index (χ2n) is 8.09. The number of hydrogen-bond acceptors (Lipinski definition) is 0. The van der Waals surface area contributed by atoms with Crippen LogP contribution >= 0.6 is 0 Å². The van der Waals surface area contributed by atoms with Crippen LogP contribution in [0, 0.1) is 23.3 Å². The molecule has 4 aromatic rings. The van der Waals surface area contributed by atoms with Gasteiger partial charge in [-0.05, 0) is 59.2 Å². The molecule has 0 unspecified atom stereocenters. The van der Waals surface area contributed by atoms with Gasteiger partial charge in [-0.2, -0.15) is 13.2 Å². The number of hydrogen-bond donors (Lipinski definition) is 0. The zero-order chi connectivity index (χ0) is 24.6. The molecule has 4 rings (SSSR count). The van der Waals surface area contributed by atoms with E-state index in [1.165, 1.54) is 6.07 Å². The topological polar surface area (TPSA) is 0 Å². The first-order valence-electron chi connectivity index (χ1n) is 10.7. The van der Waals surface area contributed by atoms with Gasteiger partial charge in [-0.3, -0.25) is 0 Å². The molecule has 0 N–H and O–H groups in total. The van der Waals surface area contributed by atoms with E-state index < -0.39 is 46.1 Å². The van der Waals surface area contributed by atoms with E-state index >= 15 is 4.39 Å². The molecule has 176 valence electrons. The fourth-order valence-electron chi connectivity index (χ4n) is 4.01. The van der Waals surface area contributed by atoms with Crippen LogP contribution < -0.4 is 0 Å². The highest BCUT2D eigenvalue weighted by Gasteiger charge is 2.34. The smallest absolute Gasteiger partial charge is 0.206 e. The number of halogens is 7. The minimum Gasteiger partial charge on any atom is -0.206 e. The summed E-state index contributed by atoms with van der Waals surface area (Å²) < 4.78 is 97.2. The molecule has 0 nitrogen and oxygen atoms in total. The average Bonchev–Trinajstić information content (AvgIpc) is 2.76. The van der Waals surface area contributed by atoms with E-state index in [0.29, 0.717) is 22.9 Å². The van der Waals surface area contributed by atoms with Gasteiger partial charge in [0.1, 0.15) is 23.3 Å². The Morgan fingerprint density at radius 1 is 0.706 bits per heavy atom. The van der Waals surface area contributed by atoms with E-state index in [9.17, 15) is 26.3 Å². The summed E-state index contributed by atoms with van der Waals surface area (Å²) in [5.74, 6) is -4.59. The molecule has 0 saturated carbocycles. The van der Waals surface area contributed by atoms with Crippen LogP contribution in [0.5, 0.6) is 0 Å². The Labute approximate surface area is 191 Å². The summed E-state index contributed by atoms with van der Waals surface area (Å²) in [6.07, 6.45) is -2.05.